The summed E-state index contributed by atoms with van der Waals surface area (Å²) in [6, 6.07) is 5.29. The Hall–Kier alpha value is -2.98. The van der Waals surface area contributed by atoms with Crippen LogP contribution in [0.15, 0.2) is 23.0 Å². The first-order valence-electron chi connectivity index (χ1n) is 10.6. The van der Waals surface area contributed by atoms with E-state index in [1.165, 1.54) is 6.42 Å². The second kappa shape index (κ2) is 8.27. The molecule has 2 atom stereocenters. The minimum atomic E-state index is -0.354. The SMILES string of the molecule is COCCn1nnnc1C(c1cc2cc3c(cc2[nH]c1=O)OCO3)N1CCCC(C)C1. The van der Waals surface area contributed by atoms with E-state index in [1.807, 2.05) is 18.2 Å². The summed E-state index contributed by atoms with van der Waals surface area (Å²) in [5, 5.41) is 13.3. The number of methoxy groups -OCH3 is 1. The average Bonchev–Trinajstić information content (AvgIpc) is 3.40. The van der Waals surface area contributed by atoms with Crippen LogP contribution in [-0.2, 0) is 11.3 Å². The molecule has 1 fully saturated rings. The first-order chi connectivity index (χ1) is 15.1. The molecule has 31 heavy (non-hydrogen) atoms. The Morgan fingerprint density at radius 2 is 2.13 bits per heavy atom. The van der Waals surface area contributed by atoms with Gasteiger partial charge in [0.1, 0.15) is 6.04 Å². The number of nitrogens with one attached hydrogen (secondary N) is 1. The largest absolute Gasteiger partial charge is 0.454 e. The second-order valence-electron chi connectivity index (χ2n) is 8.24. The van der Waals surface area contributed by atoms with Crippen molar-refractivity contribution in [3.05, 3.63) is 39.9 Å². The summed E-state index contributed by atoms with van der Waals surface area (Å²) in [5.74, 6) is 2.50. The molecule has 3 aromatic rings. The Kier molecular flexibility index (Phi) is 5.33. The van der Waals surface area contributed by atoms with Gasteiger partial charge in [-0.15, -0.1) is 5.10 Å². The Morgan fingerprint density at radius 1 is 1.29 bits per heavy atom. The quantitative estimate of drug-likeness (QED) is 0.635. The number of likely N-dealkylation sites (tertiary alicyclic amines) is 1. The number of piperidine rings is 1. The van der Waals surface area contributed by atoms with Gasteiger partial charge < -0.3 is 19.2 Å². The molecule has 1 saturated heterocycles. The normalized spacial score (nSPS) is 19.7. The summed E-state index contributed by atoms with van der Waals surface area (Å²) < 4.78 is 17.9. The molecular weight excluding hydrogens is 400 g/mol. The highest BCUT2D eigenvalue weighted by Crippen LogP contribution is 2.36. The van der Waals surface area contributed by atoms with Gasteiger partial charge in [-0.1, -0.05) is 6.92 Å². The molecule has 0 amide bonds. The predicted molar refractivity (Wildman–Crippen MR) is 112 cm³/mol. The maximum Gasteiger partial charge on any atom is 0.253 e. The molecule has 0 aliphatic carbocycles. The van der Waals surface area contributed by atoms with E-state index in [9.17, 15) is 4.79 Å². The third-order valence-corrected chi connectivity index (χ3v) is 6.03. The van der Waals surface area contributed by atoms with Crippen LogP contribution < -0.4 is 15.0 Å². The third kappa shape index (κ3) is 3.77. The lowest BCUT2D eigenvalue weighted by atomic mass is 9.95. The van der Waals surface area contributed by atoms with Gasteiger partial charge in [0.25, 0.3) is 5.56 Å². The zero-order valence-electron chi connectivity index (χ0n) is 17.7. The van der Waals surface area contributed by atoms with E-state index < -0.39 is 0 Å². The number of fused-ring (bicyclic) bond motifs is 2. The van der Waals surface area contributed by atoms with Crippen LogP contribution in [0.4, 0.5) is 0 Å². The number of benzene rings is 1. The molecule has 10 nitrogen and oxygen atoms in total. The highest BCUT2D eigenvalue weighted by Gasteiger charge is 2.33. The van der Waals surface area contributed by atoms with E-state index in [4.69, 9.17) is 14.2 Å². The minimum Gasteiger partial charge on any atom is -0.454 e. The Labute approximate surface area is 179 Å². The van der Waals surface area contributed by atoms with Crippen molar-refractivity contribution in [2.24, 2.45) is 5.92 Å². The van der Waals surface area contributed by atoms with E-state index >= 15 is 0 Å². The van der Waals surface area contributed by atoms with Crippen LogP contribution in [0.1, 0.15) is 37.2 Å². The molecule has 4 heterocycles. The molecule has 0 radical (unpaired) electrons. The summed E-state index contributed by atoms with van der Waals surface area (Å²) >= 11 is 0. The fourth-order valence-corrected chi connectivity index (χ4v) is 4.52. The van der Waals surface area contributed by atoms with E-state index in [2.05, 4.69) is 32.3 Å². The van der Waals surface area contributed by atoms with Gasteiger partial charge in [-0.05, 0) is 47.9 Å². The van der Waals surface area contributed by atoms with Crippen molar-refractivity contribution in [2.45, 2.75) is 32.4 Å². The molecule has 0 saturated carbocycles. The number of hydrogen-bond donors (Lipinski definition) is 1. The van der Waals surface area contributed by atoms with Crippen molar-refractivity contribution in [3.63, 3.8) is 0 Å². The molecule has 2 aromatic heterocycles. The lowest BCUT2D eigenvalue weighted by molar-refractivity contribution is 0.137. The number of ether oxygens (including phenoxy) is 3. The molecule has 0 bridgehead atoms. The molecule has 2 aliphatic heterocycles. The van der Waals surface area contributed by atoms with Crippen LogP contribution >= 0.6 is 0 Å². The summed E-state index contributed by atoms with van der Waals surface area (Å²) in [6.07, 6.45) is 2.25. The van der Waals surface area contributed by atoms with Crippen molar-refractivity contribution in [3.8, 4) is 11.5 Å². The number of tetrazole rings is 1. The van der Waals surface area contributed by atoms with Crippen LogP contribution in [-0.4, -0.2) is 63.7 Å². The number of H-pyrrole nitrogens is 1. The van der Waals surface area contributed by atoms with Gasteiger partial charge in [-0.2, -0.15) is 0 Å². The summed E-state index contributed by atoms with van der Waals surface area (Å²) in [6.45, 7) is 5.18. The average molecular weight is 426 g/mol. The third-order valence-electron chi connectivity index (χ3n) is 6.03. The molecular formula is C21H26N6O4. The summed E-state index contributed by atoms with van der Waals surface area (Å²) in [4.78, 5) is 18.6. The zero-order chi connectivity index (χ0) is 21.4. The van der Waals surface area contributed by atoms with E-state index in [0.717, 1.165) is 24.9 Å². The molecule has 10 heteroatoms. The van der Waals surface area contributed by atoms with Crippen molar-refractivity contribution in [1.82, 2.24) is 30.1 Å². The topological polar surface area (TPSA) is 107 Å². The van der Waals surface area contributed by atoms with Crippen LogP contribution in [0.2, 0.25) is 0 Å². The maximum atomic E-state index is 13.3. The molecule has 2 aliphatic rings. The highest BCUT2D eigenvalue weighted by molar-refractivity contribution is 5.83. The fourth-order valence-electron chi connectivity index (χ4n) is 4.52. The first kappa shape index (κ1) is 20.0. The summed E-state index contributed by atoms with van der Waals surface area (Å²) in [5.41, 5.74) is 1.17. The fraction of sp³-hybridized carbons (Fsp3) is 0.524. The number of rotatable bonds is 6. The van der Waals surface area contributed by atoms with Crippen molar-refractivity contribution >= 4 is 10.9 Å². The van der Waals surface area contributed by atoms with Gasteiger partial charge in [0.15, 0.2) is 17.3 Å². The van der Waals surface area contributed by atoms with Crippen LogP contribution in [0.25, 0.3) is 10.9 Å². The maximum absolute atomic E-state index is 13.3. The predicted octanol–water partition coefficient (Wildman–Crippen LogP) is 1.71. The van der Waals surface area contributed by atoms with E-state index in [0.29, 0.717) is 47.5 Å². The van der Waals surface area contributed by atoms with Gasteiger partial charge in [0, 0.05) is 30.7 Å². The molecule has 164 valence electrons. The van der Waals surface area contributed by atoms with Gasteiger partial charge >= 0.3 is 0 Å². The molecule has 2 unspecified atom stereocenters. The van der Waals surface area contributed by atoms with Crippen molar-refractivity contribution in [2.75, 3.05) is 33.6 Å². The lowest BCUT2D eigenvalue weighted by Gasteiger charge is -2.36. The lowest BCUT2D eigenvalue weighted by Crippen LogP contribution is -2.41. The molecule has 5 rings (SSSR count). The second-order valence-corrected chi connectivity index (χ2v) is 8.24. The zero-order valence-corrected chi connectivity index (χ0v) is 17.7. The van der Waals surface area contributed by atoms with Gasteiger partial charge in [0.05, 0.1) is 18.7 Å². The standard InChI is InChI=1S/C21H26N6O4/c1-13-4-3-5-26(11-13)19(20-23-24-25-27(20)6-7-29-2)15-8-14-9-17-18(31-12-30-17)10-16(14)22-21(15)28/h8-10,13,19H,3-7,11-12H2,1-2H3,(H,22,28). The minimum absolute atomic E-state index is 0.157. The van der Waals surface area contributed by atoms with Crippen LogP contribution in [0, 0.1) is 5.92 Å². The van der Waals surface area contributed by atoms with E-state index in [1.54, 1.807) is 11.8 Å². The van der Waals surface area contributed by atoms with Crippen LogP contribution in [0.3, 0.4) is 0 Å². The molecule has 1 N–H and O–H groups in total. The molecule has 1 aromatic carbocycles. The van der Waals surface area contributed by atoms with Gasteiger partial charge in [-0.25, -0.2) is 4.68 Å². The monoisotopic (exact) mass is 426 g/mol. The first-order valence-corrected chi connectivity index (χ1v) is 10.6. The highest BCUT2D eigenvalue weighted by atomic mass is 16.7. The Balaban J connectivity index is 1.63. The van der Waals surface area contributed by atoms with Gasteiger partial charge in [0.2, 0.25) is 6.79 Å². The van der Waals surface area contributed by atoms with Gasteiger partial charge in [-0.3, -0.25) is 9.69 Å². The number of nitrogens with zero attached hydrogens (tertiary/aromatic N) is 5. The smallest absolute Gasteiger partial charge is 0.253 e. The number of hydrogen-bond acceptors (Lipinski definition) is 8. The number of pyridine rings is 1. The summed E-state index contributed by atoms with van der Waals surface area (Å²) in [7, 11) is 1.64. The van der Waals surface area contributed by atoms with Crippen LogP contribution in [0.5, 0.6) is 11.5 Å². The molecule has 0 spiro atoms. The Bertz CT molecular complexity index is 1140. The number of aromatic nitrogens is 5. The van der Waals surface area contributed by atoms with Crippen molar-refractivity contribution in [1.29, 1.82) is 0 Å². The number of aromatic amines is 1. The Morgan fingerprint density at radius 3 is 2.94 bits per heavy atom. The van der Waals surface area contributed by atoms with E-state index in [-0.39, 0.29) is 18.4 Å². The van der Waals surface area contributed by atoms with Crippen molar-refractivity contribution < 1.29 is 14.2 Å².